The number of aromatic nitrogens is 2. The number of nitrogens with one attached hydrogen (secondary N) is 1. The van der Waals surface area contributed by atoms with Gasteiger partial charge in [0, 0.05) is 37.6 Å². The van der Waals surface area contributed by atoms with E-state index in [4.69, 9.17) is 0 Å². The summed E-state index contributed by atoms with van der Waals surface area (Å²) in [7, 11) is 1.83. The number of anilines is 2. The third-order valence-electron chi connectivity index (χ3n) is 4.34. The SMILES string of the molecule is CSc1cc(C)ccc1CNc1cc(N2CCN(C)C(=O)C2)ncn1. The molecule has 2 heterocycles. The molecule has 0 radical (unpaired) electrons. The van der Waals surface area contributed by atoms with E-state index in [1.54, 1.807) is 23.0 Å². The summed E-state index contributed by atoms with van der Waals surface area (Å²) in [5.41, 5.74) is 2.50. The molecule has 1 aliphatic heterocycles. The van der Waals surface area contributed by atoms with Crippen molar-refractivity contribution in [1.29, 1.82) is 0 Å². The van der Waals surface area contributed by atoms with Crippen LogP contribution in [0.1, 0.15) is 11.1 Å². The molecule has 1 N–H and O–H groups in total. The Hall–Kier alpha value is -2.28. The van der Waals surface area contributed by atoms with Crippen LogP contribution in [0.4, 0.5) is 11.6 Å². The van der Waals surface area contributed by atoms with Crippen LogP contribution in [0.3, 0.4) is 0 Å². The van der Waals surface area contributed by atoms with Crippen molar-refractivity contribution in [3.63, 3.8) is 0 Å². The van der Waals surface area contributed by atoms with Crippen LogP contribution < -0.4 is 10.2 Å². The standard InChI is InChI=1S/C18H23N5OS/c1-13-4-5-14(15(8-13)25-3)10-19-16-9-17(21-12-20-16)23-7-6-22(2)18(24)11-23/h4-5,8-9,12H,6-7,10-11H2,1-3H3,(H,19,20,21). The minimum absolute atomic E-state index is 0.114. The van der Waals surface area contributed by atoms with E-state index in [-0.39, 0.29) is 5.91 Å². The molecule has 1 saturated heterocycles. The maximum Gasteiger partial charge on any atom is 0.241 e. The van der Waals surface area contributed by atoms with Crippen molar-refractivity contribution < 1.29 is 4.79 Å². The number of hydrogen-bond donors (Lipinski definition) is 1. The first-order valence-electron chi connectivity index (χ1n) is 8.25. The van der Waals surface area contributed by atoms with E-state index < -0.39 is 0 Å². The van der Waals surface area contributed by atoms with Gasteiger partial charge < -0.3 is 15.1 Å². The van der Waals surface area contributed by atoms with Crippen LogP contribution in [0.2, 0.25) is 0 Å². The van der Waals surface area contributed by atoms with Crippen molar-refractivity contribution in [1.82, 2.24) is 14.9 Å². The summed E-state index contributed by atoms with van der Waals surface area (Å²) in [5, 5.41) is 3.37. The summed E-state index contributed by atoms with van der Waals surface area (Å²) in [6.45, 7) is 4.67. The van der Waals surface area contributed by atoms with Crippen LogP contribution >= 0.6 is 11.8 Å². The lowest BCUT2D eigenvalue weighted by Crippen LogP contribution is -2.48. The van der Waals surface area contributed by atoms with E-state index in [1.807, 2.05) is 18.0 Å². The van der Waals surface area contributed by atoms with Crippen molar-refractivity contribution in [3.8, 4) is 0 Å². The number of thioether (sulfide) groups is 1. The topological polar surface area (TPSA) is 61.4 Å². The van der Waals surface area contributed by atoms with Crippen LogP contribution in [0, 0.1) is 6.92 Å². The van der Waals surface area contributed by atoms with E-state index >= 15 is 0 Å². The zero-order chi connectivity index (χ0) is 17.8. The van der Waals surface area contributed by atoms with Gasteiger partial charge in [-0.1, -0.05) is 12.1 Å². The number of amides is 1. The van der Waals surface area contributed by atoms with E-state index in [9.17, 15) is 4.79 Å². The van der Waals surface area contributed by atoms with Gasteiger partial charge in [-0.25, -0.2) is 9.97 Å². The largest absolute Gasteiger partial charge is 0.366 e. The highest BCUT2D eigenvalue weighted by molar-refractivity contribution is 7.98. The minimum atomic E-state index is 0.114. The van der Waals surface area contributed by atoms with Crippen molar-refractivity contribution in [2.75, 3.05) is 43.2 Å². The number of hydrogen-bond acceptors (Lipinski definition) is 6. The predicted octanol–water partition coefficient (Wildman–Crippen LogP) is 2.40. The predicted molar refractivity (Wildman–Crippen MR) is 102 cm³/mol. The first-order valence-corrected chi connectivity index (χ1v) is 9.47. The molecule has 0 aliphatic carbocycles. The van der Waals surface area contributed by atoms with E-state index in [0.717, 1.165) is 18.2 Å². The first-order chi connectivity index (χ1) is 12.1. The highest BCUT2D eigenvalue weighted by Crippen LogP contribution is 2.23. The van der Waals surface area contributed by atoms with Crippen LogP contribution in [-0.4, -0.2) is 53.7 Å². The van der Waals surface area contributed by atoms with Gasteiger partial charge in [0.2, 0.25) is 5.91 Å². The molecule has 0 spiro atoms. The normalized spacial score (nSPS) is 14.8. The molecule has 1 amide bonds. The van der Waals surface area contributed by atoms with Gasteiger partial charge in [0.15, 0.2) is 0 Å². The Morgan fingerprint density at radius 2 is 2.08 bits per heavy atom. The van der Waals surface area contributed by atoms with E-state index in [1.165, 1.54) is 16.0 Å². The zero-order valence-electron chi connectivity index (χ0n) is 14.8. The second-order valence-corrected chi connectivity index (χ2v) is 7.02. The third kappa shape index (κ3) is 4.22. The quantitative estimate of drug-likeness (QED) is 0.829. The molecule has 132 valence electrons. The Bertz CT molecular complexity index is 767. The molecule has 3 rings (SSSR count). The molecule has 0 saturated carbocycles. The van der Waals surface area contributed by atoms with Gasteiger partial charge >= 0.3 is 0 Å². The van der Waals surface area contributed by atoms with Gasteiger partial charge in [-0.05, 0) is 30.4 Å². The minimum Gasteiger partial charge on any atom is -0.366 e. The molecule has 25 heavy (non-hydrogen) atoms. The van der Waals surface area contributed by atoms with Crippen LogP contribution in [-0.2, 0) is 11.3 Å². The van der Waals surface area contributed by atoms with Gasteiger partial charge in [-0.3, -0.25) is 4.79 Å². The Labute approximate surface area is 152 Å². The zero-order valence-corrected chi connectivity index (χ0v) is 15.6. The molecule has 7 heteroatoms. The Morgan fingerprint density at radius 1 is 1.24 bits per heavy atom. The van der Waals surface area contributed by atoms with Crippen molar-refractivity contribution in [2.24, 2.45) is 0 Å². The maximum absolute atomic E-state index is 11.9. The number of nitrogens with zero attached hydrogens (tertiary/aromatic N) is 4. The first kappa shape index (κ1) is 17.5. The van der Waals surface area contributed by atoms with E-state index in [2.05, 4.69) is 46.7 Å². The van der Waals surface area contributed by atoms with Gasteiger partial charge in [-0.15, -0.1) is 11.8 Å². The van der Waals surface area contributed by atoms with Crippen LogP contribution in [0.25, 0.3) is 0 Å². The molecule has 6 nitrogen and oxygen atoms in total. The van der Waals surface area contributed by atoms with Gasteiger partial charge in [0.25, 0.3) is 0 Å². The lowest BCUT2D eigenvalue weighted by molar-refractivity contribution is -0.129. The fourth-order valence-corrected chi connectivity index (χ4v) is 3.46. The van der Waals surface area contributed by atoms with Gasteiger partial charge in [-0.2, -0.15) is 0 Å². The van der Waals surface area contributed by atoms with Crippen LogP contribution in [0.5, 0.6) is 0 Å². The van der Waals surface area contributed by atoms with Crippen molar-refractivity contribution in [2.45, 2.75) is 18.4 Å². The molecule has 2 aromatic rings. The summed E-state index contributed by atoms with van der Waals surface area (Å²) >= 11 is 1.75. The van der Waals surface area contributed by atoms with Gasteiger partial charge in [0.05, 0.1) is 6.54 Å². The highest BCUT2D eigenvalue weighted by Gasteiger charge is 2.22. The Balaban J connectivity index is 1.69. The number of likely N-dealkylation sites (N-methyl/N-ethyl adjacent to an activating group) is 1. The second-order valence-electron chi connectivity index (χ2n) is 6.17. The van der Waals surface area contributed by atoms with E-state index in [0.29, 0.717) is 19.6 Å². The Kier molecular flexibility index (Phi) is 5.43. The molecule has 1 aromatic carbocycles. The summed E-state index contributed by atoms with van der Waals surface area (Å²) in [5.74, 6) is 1.67. The number of carbonyl (C=O) groups excluding carboxylic acids is 1. The second kappa shape index (κ2) is 7.74. The number of rotatable bonds is 5. The number of aryl methyl sites for hydroxylation is 1. The average molecular weight is 357 g/mol. The van der Waals surface area contributed by atoms with Gasteiger partial charge in [0.1, 0.15) is 18.0 Å². The summed E-state index contributed by atoms with van der Waals surface area (Å²) < 4.78 is 0. The molecule has 0 unspecified atom stereocenters. The summed E-state index contributed by atoms with van der Waals surface area (Å²) in [6, 6.07) is 8.38. The maximum atomic E-state index is 11.9. The lowest BCUT2D eigenvalue weighted by Gasteiger charge is -2.32. The molecule has 1 aromatic heterocycles. The van der Waals surface area contributed by atoms with Crippen molar-refractivity contribution in [3.05, 3.63) is 41.7 Å². The summed E-state index contributed by atoms with van der Waals surface area (Å²) in [6.07, 6.45) is 3.64. The average Bonchev–Trinajstić information content (AvgIpc) is 2.63. The number of benzene rings is 1. The molecular weight excluding hydrogens is 334 g/mol. The lowest BCUT2D eigenvalue weighted by atomic mass is 10.1. The number of piperazine rings is 1. The van der Waals surface area contributed by atoms with Crippen molar-refractivity contribution >= 4 is 29.3 Å². The van der Waals surface area contributed by atoms with Crippen LogP contribution in [0.15, 0.2) is 35.5 Å². The molecule has 0 atom stereocenters. The fraction of sp³-hybridized carbons (Fsp3) is 0.389. The molecule has 1 fully saturated rings. The highest BCUT2D eigenvalue weighted by atomic mass is 32.2. The summed E-state index contributed by atoms with van der Waals surface area (Å²) in [4.78, 5) is 25.5. The molecule has 1 aliphatic rings. The molecule has 0 bridgehead atoms. The molecular formula is C18H23N5OS. The smallest absolute Gasteiger partial charge is 0.241 e. The monoisotopic (exact) mass is 357 g/mol. The number of carbonyl (C=O) groups is 1. The Morgan fingerprint density at radius 3 is 2.84 bits per heavy atom. The third-order valence-corrected chi connectivity index (χ3v) is 5.16. The fourth-order valence-electron chi connectivity index (χ4n) is 2.75.